The van der Waals surface area contributed by atoms with Gasteiger partial charge in [-0.15, -0.1) is 0 Å². The van der Waals surface area contributed by atoms with Crippen molar-refractivity contribution in [2.75, 3.05) is 0 Å². The maximum absolute atomic E-state index is 2.26. The van der Waals surface area contributed by atoms with Gasteiger partial charge < -0.3 is 34.0 Å². The molecule has 0 amide bonds. The molecule has 2 aromatic heterocycles. The summed E-state index contributed by atoms with van der Waals surface area (Å²) in [5.41, 5.74) is 2.63. The molecule has 0 unspecified atom stereocenters. The van der Waals surface area contributed by atoms with Crippen molar-refractivity contribution in [3.05, 3.63) is 60.2 Å². The first kappa shape index (κ1) is 18.3. The first-order chi connectivity index (χ1) is 8.24. The zero-order valence-corrected chi connectivity index (χ0v) is 14.6. The summed E-state index contributed by atoms with van der Waals surface area (Å²) in [7, 11) is 0. The lowest BCUT2D eigenvalue weighted by atomic mass is 10.3. The maximum Gasteiger partial charge on any atom is 0.171 e. The first-order valence-electron chi connectivity index (χ1n) is 6.15. The molecular weight excluding hydrogens is 368 g/mol. The Morgan fingerprint density at radius 1 is 0.789 bits per heavy atom. The van der Waals surface area contributed by atoms with Crippen LogP contribution in [-0.2, 0) is 13.1 Å². The van der Waals surface area contributed by atoms with E-state index in [0.29, 0.717) is 0 Å². The summed E-state index contributed by atoms with van der Waals surface area (Å²) < 4.78 is 4.51. The van der Waals surface area contributed by atoms with Crippen molar-refractivity contribution in [1.29, 1.82) is 0 Å². The van der Waals surface area contributed by atoms with Crippen LogP contribution in [0.15, 0.2) is 49.1 Å². The molecule has 2 heterocycles. The van der Waals surface area contributed by atoms with Crippen molar-refractivity contribution in [3.8, 4) is 0 Å². The average Bonchev–Trinajstić information content (AvgIpc) is 2.29. The third-order valence-corrected chi connectivity index (χ3v) is 2.84. The summed E-state index contributed by atoms with van der Waals surface area (Å²) in [6.45, 7) is 6.41. The summed E-state index contributed by atoms with van der Waals surface area (Å²) >= 11 is 0. The molecule has 2 nitrogen and oxygen atoms in total. The summed E-state index contributed by atoms with van der Waals surface area (Å²) in [5.74, 6) is 0. The topological polar surface area (TPSA) is 7.76 Å². The Morgan fingerprint density at radius 3 is 1.58 bits per heavy atom. The number of nitrogens with zero attached hydrogens (tertiary/aromatic N) is 2. The molecule has 0 aliphatic rings. The van der Waals surface area contributed by atoms with Gasteiger partial charge in [0.2, 0.25) is 0 Å². The molecule has 2 rings (SSSR count). The van der Waals surface area contributed by atoms with E-state index in [0.717, 1.165) is 19.5 Å². The Morgan fingerprint density at radius 2 is 1.21 bits per heavy atom. The van der Waals surface area contributed by atoms with Gasteiger partial charge in [0.15, 0.2) is 37.9 Å². The predicted octanol–water partition coefficient (Wildman–Crippen LogP) is -4.02. The van der Waals surface area contributed by atoms with Gasteiger partial charge in [-0.3, -0.25) is 0 Å². The SMILES string of the molecule is Cc1ccc[n+](CCC[n+]2cccc(C)c2)c1.[Br-].[Br-]. The van der Waals surface area contributed by atoms with Gasteiger partial charge in [0.1, 0.15) is 0 Å². The highest BCUT2D eigenvalue weighted by molar-refractivity contribution is 5.01. The molecule has 0 atom stereocenters. The second-order valence-corrected chi connectivity index (χ2v) is 4.59. The number of pyridine rings is 2. The van der Waals surface area contributed by atoms with Crippen molar-refractivity contribution >= 4 is 0 Å². The summed E-state index contributed by atoms with van der Waals surface area (Å²) in [4.78, 5) is 0. The monoisotopic (exact) mass is 386 g/mol. The lowest BCUT2D eigenvalue weighted by molar-refractivity contribution is -0.727. The number of hydrogen-bond donors (Lipinski definition) is 0. The predicted molar refractivity (Wildman–Crippen MR) is 67.4 cm³/mol. The molecule has 0 fully saturated rings. The van der Waals surface area contributed by atoms with Crippen molar-refractivity contribution in [1.82, 2.24) is 0 Å². The minimum Gasteiger partial charge on any atom is -1.00 e. The minimum absolute atomic E-state index is 0. The van der Waals surface area contributed by atoms with Crippen LogP contribution >= 0.6 is 0 Å². The van der Waals surface area contributed by atoms with Crippen LogP contribution in [-0.4, -0.2) is 0 Å². The van der Waals surface area contributed by atoms with Gasteiger partial charge in [-0.25, -0.2) is 9.13 Å². The number of halogens is 2. The number of rotatable bonds is 4. The third kappa shape index (κ3) is 6.30. The highest BCUT2D eigenvalue weighted by Crippen LogP contribution is 1.92. The molecule has 0 saturated heterocycles. The van der Waals surface area contributed by atoms with Crippen LogP contribution in [0.5, 0.6) is 0 Å². The molecule has 0 spiro atoms. The fraction of sp³-hybridized carbons (Fsp3) is 0.333. The molecule has 2 aromatic rings. The van der Waals surface area contributed by atoms with Gasteiger partial charge in [-0.1, -0.05) is 0 Å². The Balaban J connectivity index is 0.00000162. The molecule has 0 aromatic carbocycles. The molecule has 0 radical (unpaired) electrons. The van der Waals surface area contributed by atoms with Crippen LogP contribution in [0, 0.1) is 13.8 Å². The zero-order chi connectivity index (χ0) is 12.1. The molecule has 0 bridgehead atoms. The van der Waals surface area contributed by atoms with Crippen LogP contribution < -0.4 is 43.1 Å². The van der Waals surface area contributed by atoms with E-state index in [4.69, 9.17) is 0 Å². The highest BCUT2D eigenvalue weighted by atomic mass is 79.9. The Kier molecular flexibility index (Phi) is 8.85. The fourth-order valence-electron chi connectivity index (χ4n) is 2.02. The molecule has 19 heavy (non-hydrogen) atoms. The minimum atomic E-state index is 0. The van der Waals surface area contributed by atoms with E-state index in [9.17, 15) is 0 Å². The van der Waals surface area contributed by atoms with Crippen LogP contribution in [0.1, 0.15) is 17.5 Å². The van der Waals surface area contributed by atoms with Crippen LogP contribution in [0.25, 0.3) is 0 Å². The van der Waals surface area contributed by atoms with Crippen molar-refractivity contribution < 1.29 is 43.1 Å². The quantitative estimate of drug-likeness (QED) is 0.472. The molecule has 0 aliphatic heterocycles. The third-order valence-electron chi connectivity index (χ3n) is 2.84. The average molecular weight is 388 g/mol. The van der Waals surface area contributed by atoms with Gasteiger partial charge in [0.25, 0.3) is 0 Å². The Labute approximate surface area is 136 Å². The number of aromatic nitrogens is 2. The standard InChI is InChI=1S/C15H20N2.2BrH/c1-14-6-3-8-16(12-14)10-5-11-17-9-4-7-15(2)13-17;;/h3-4,6-9,12-13H,5,10-11H2,1-2H3;2*1H/q+2;;/p-2. The number of aryl methyl sites for hydroxylation is 4. The molecule has 4 heteroatoms. The smallest absolute Gasteiger partial charge is 0.171 e. The Bertz CT molecular complexity index is 456. The van der Waals surface area contributed by atoms with E-state index in [2.05, 4.69) is 72.0 Å². The van der Waals surface area contributed by atoms with Gasteiger partial charge >= 0.3 is 0 Å². The van der Waals surface area contributed by atoms with E-state index in [1.165, 1.54) is 11.1 Å². The van der Waals surface area contributed by atoms with Gasteiger partial charge in [0.05, 0.1) is 6.42 Å². The van der Waals surface area contributed by atoms with Crippen LogP contribution in [0.4, 0.5) is 0 Å². The molecular formula is C15H20Br2N2. The molecule has 0 aliphatic carbocycles. The van der Waals surface area contributed by atoms with E-state index < -0.39 is 0 Å². The second kappa shape index (κ2) is 9.21. The van der Waals surface area contributed by atoms with E-state index in [1.807, 2.05) is 0 Å². The largest absolute Gasteiger partial charge is 1.00 e. The summed E-state index contributed by atoms with van der Waals surface area (Å²) in [6, 6.07) is 8.47. The van der Waals surface area contributed by atoms with Gasteiger partial charge in [-0.05, 0) is 26.0 Å². The van der Waals surface area contributed by atoms with E-state index >= 15 is 0 Å². The fourth-order valence-corrected chi connectivity index (χ4v) is 2.02. The van der Waals surface area contributed by atoms with Crippen molar-refractivity contribution in [3.63, 3.8) is 0 Å². The van der Waals surface area contributed by atoms with Gasteiger partial charge in [-0.2, -0.15) is 0 Å². The van der Waals surface area contributed by atoms with E-state index in [1.54, 1.807) is 0 Å². The molecule has 0 saturated carbocycles. The van der Waals surface area contributed by atoms with Gasteiger partial charge in [0, 0.05) is 23.3 Å². The van der Waals surface area contributed by atoms with Crippen LogP contribution in [0.2, 0.25) is 0 Å². The maximum atomic E-state index is 2.26. The second-order valence-electron chi connectivity index (χ2n) is 4.59. The zero-order valence-electron chi connectivity index (χ0n) is 11.4. The lowest BCUT2D eigenvalue weighted by Crippen LogP contribution is -3.00. The summed E-state index contributed by atoms with van der Waals surface area (Å²) in [5, 5.41) is 0. The van der Waals surface area contributed by atoms with E-state index in [-0.39, 0.29) is 34.0 Å². The molecule has 104 valence electrons. The highest BCUT2D eigenvalue weighted by Gasteiger charge is 2.04. The number of hydrogen-bond acceptors (Lipinski definition) is 0. The van der Waals surface area contributed by atoms with Crippen LogP contribution in [0.3, 0.4) is 0 Å². The summed E-state index contributed by atoms with van der Waals surface area (Å²) in [6.07, 6.45) is 9.81. The normalized spacial score (nSPS) is 9.37. The lowest BCUT2D eigenvalue weighted by Gasteiger charge is -1.98. The Hall–Kier alpha value is -0.740. The van der Waals surface area contributed by atoms with Crippen molar-refractivity contribution in [2.45, 2.75) is 33.4 Å². The van der Waals surface area contributed by atoms with Crippen molar-refractivity contribution in [2.24, 2.45) is 0 Å². The first-order valence-corrected chi connectivity index (χ1v) is 6.15. The molecule has 0 N–H and O–H groups in total.